The molecule has 2 rings (SSSR count). The first-order valence-corrected chi connectivity index (χ1v) is 10.1. The molecule has 0 saturated carbocycles. The molecule has 8 nitrogen and oxygen atoms in total. The molecule has 1 aromatic heterocycles. The van der Waals surface area contributed by atoms with Crippen molar-refractivity contribution in [3.05, 3.63) is 23.7 Å². The third-order valence-electron chi connectivity index (χ3n) is 4.84. The van der Waals surface area contributed by atoms with Gasteiger partial charge in [0.2, 0.25) is 0 Å². The predicted molar refractivity (Wildman–Crippen MR) is 126 cm³/mol. The van der Waals surface area contributed by atoms with Gasteiger partial charge >= 0.3 is 0 Å². The van der Waals surface area contributed by atoms with Gasteiger partial charge < -0.3 is 25.1 Å². The number of furan rings is 1. The maximum absolute atomic E-state index is 12.0. The van der Waals surface area contributed by atoms with Crippen molar-refractivity contribution >= 4 is 35.8 Å². The highest BCUT2D eigenvalue weighted by molar-refractivity contribution is 14.0. The molecule has 1 fully saturated rings. The zero-order valence-electron chi connectivity index (χ0n) is 18.0. The second kappa shape index (κ2) is 13.1. The van der Waals surface area contributed by atoms with Gasteiger partial charge in [0.05, 0.1) is 26.0 Å². The molecule has 1 aliphatic heterocycles. The van der Waals surface area contributed by atoms with Crippen LogP contribution in [0.2, 0.25) is 0 Å². The van der Waals surface area contributed by atoms with Gasteiger partial charge in [-0.2, -0.15) is 0 Å². The van der Waals surface area contributed by atoms with Crippen LogP contribution in [0.1, 0.15) is 43.3 Å². The van der Waals surface area contributed by atoms with E-state index in [0.29, 0.717) is 18.8 Å². The Bertz CT molecular complexity index is 642. The lowest BCUT2D eigenvalue weighted by Gasteiger charge is -2.39. The van der Waals surface area contributed by atoms with Gasteiger partial charge in [-0.15, -0.1) is 24.0 Å². The Morgan fingerprint density at radius 3 is 2.52 bits per heavy atom. The maximum Gasteiger partial charge on any atom is 0.287 e. The molecule has 29 heavy (non-hydrogen) atoms. The number of carbonyl (C=O) groups is 1. The molecular weight excluding hydrogens is 485 g/mol. The number of nitrogens with one attached hydrogen (secondary N) is 3. The maximum atomic E-state index is 12.0. The molecular formula is C20H36IN5O3. The SMILES string of the molecule is CCNC(=NCC(C)(C)N1CCOCC1)NCCCNC(=O)c1occc1C.I. The molecule has 0 unspecified atom stereocenters. The summed E-state index contributed by atoms with van der Waals surface area (Å²) in [7, 11) is 0. The number of amides is 1. The topological polar surface area (TPSA) is 91.1 Å². The van der Waals surface area contributed by atoms with Crippen LogP contribution >= 0.6 is 24.0 Å². The van der Waals surface area contributed by atoms with Crippen molar-refractivity contribution in [3.8, 4) is 0 Å². The van der Waals surface area contributed by atoms with Gasteiger partial charge in [0.25, 0.3) is 5.91 Å². The average molecular weight is 521 g/mol. The Kier molecular flexibility index (Phi) is 11.6. The summed E-state index contributed by atoms with van der Waals surface area (Å²) < 4.78 is 10.6. The minimum atomic E-state index is -0.171. The van der Waals surface area contributed by atoms with Crippen LogP contribution in [0.15, 0.2) is 21.7 Å². The summed E-state index contributed by atoms with van der Waals surface area (Å²) in [5.41, 5.74) is 0.834. The summed E-state index contributed by atoms with van der Waals surface area (Å²) in [5.74, 6) is 1.01. The zero-order chi connectivity index (χ0) is 20.4. The third-order valence-corrected chi connectivity index (χ3v) is 4.84. The Morgan fingerprint density at radius 2 is 1.90 bits per heavy atom. The van der Waals surface area contributed by atoms with Gasteiger partial charge in [0.1, 0.15) is 0 Å². The van der Waals surface area contributed by atoms with Gasteiger partial charge in [-0.1, -0.05) is 0 Å². The number of carbonyl (C=O) groups excluding carboxylic acids is 1. The highest BCUT2D eigenvalue weighted by Gasteiger charge is 2.28. The highest BCUT2D eigenvalue weighted by Crippen LogP contribution is 2.16. The van der Waals surface area contributed by atoms with E-state index in [1.54, 1.807) is 6.07 Å². The minimum Gasteiger partial charge on any atom is -0.459 e. The molecule has 0 aliphatic carbocycles. The molecule has 166 valence electrons. The first kappa shape index (κ1) is 25.7. The second-order valence-corrected chi connectivity index (χ2v) is 7.58. The number of nitrogens with zero attached hydrogens (tertiary/aromatic N) is 2. The first-order chi connectivity index (χ1) is 13.4. The number of hydrogen-bond acceptors (Lipinski definition) is 5. The Balaban J connectivity index is 0.00000420. The Morgan fingerprint density at radius 1 is 1.21 bits per heavy atom. The van der Waals surface area contributed by atoms with Gasteiger partial charge in [0, 0.05) is 43.8 Å². The molecule has 0 atom stereocenters. The quantitative estimate of drug-likeness (QED) is 0.199. The molecule has 0 radical (unpaired) electrons. The van der Waals surface area contributed by atoms with Gasteiger partial charge in [-0.25, -0.2) is 0 Å². The van der Waals surface area contributed by atoms with Crippen LogP contribution in [-0.2, 0) is 4.74 Å². The Hall–Kier alpha value is -1.33. The van der Waals surface area contributed by atoms with E-state index in [9.17, 15) is 4.79 Å². The Labute approximate surface area is 191 Å². The van der Waals surface area contributed by atoms with E-state index in [0.717, 1.165) is 57.3 Å². The summed E-state index contributed by atoms with van der Waals surface area (Å²) in [4.78, 5) is 19.2. The monoisotopic (exact) mass is 521 g/mol. The van der Waals surface area contributed by atoms with E-state index < -0.39 is 0 Å². The lowest BCUT2D eigenvalue weighted by molar-refractivity contribution is -0.00683. The molecule has 9 heteroatoms. The smallest absolute Gasteiger partial charge is 0.287 e. The fourth-order valence-corrected chi connectivity index (χ4v) is 3.07. The predicted octanol–water partition coefficient (Wildman–Crippen LogP) is 1.99. The second-order valence-electron chi connectivity index (χ2n) is 7.58. The van der Waals surface area contributed by atoms with Crippen LogP contribution < -0.4 is 16.0 Å². The molecule has 0 spiro atoms. The van der Waals surface area contributed by atoms with Crippen molar-refractivity contribution in [2.75, 3.05) is 52.5 Å². The van der Waals surface area contributed by atoms with E-state index in [2.05, 4.69) is 41.6 Å². The average Bonchev–Trinajstić information content (AvgIpc) is 3.12. The van der Waals surface area contributed by atoms with Crippen LogP contribution in [-0.4, -0.2) is 74.8 Å². The van der Waals surface area contributed by atoms with Crippen molar-refractivity contribution in [2.45, 2.75) is 39.7 Å². The fraction of sp³-hybridized carbons (Fsp3) is 0.700. The van der Waals surface area contributed by atoms with Crippen molar-refractivity contribution in [3.63, 3.8) is 0 Å². The summed E-state index contributed by atoms with van der Waals surface area (Å²) in [6.07, 6.45) is 2.33. The van der Waals surface area contributed by atoms with Crippen molar-refractivity contribution in [1.29, 1.82) is 0 Å². The van der Waals surface area contributed by atoms with E-state index in [-0.39, 0.29) is 35.4 Å². The molecule has 1 aromatic rings. The van der Waals surface area contributed by atoms with Crippen LogP contribution in [0.3, 0.4) is 0 Å². The van der Waals surface area contributed by atoms with Crippen molar-refractivity contribution in [1.82, 2.24) is 20.9 Å². The number of halogens is 1. The third kappa shape index (κ3) is 8.51. The number of hydrogen-bond donors (Lipinski definition) is 3. The lowest BCUT2D eigenvalue weighted by atomic mass is 10.0. The molecule has 1 aliphatic rings. The van der Waals surface area contributed by atoms with Gasteiger partial charge in [0.15, 0.2) is 11.7 Å². The number of aryl methyl sites for hydroxylation is 1. The first-order valence-electron chi connectivity index (χ1n) is 10.1. The molecule has 1 saturated heterocycles. The lowest BCUT2D eigenvalue weighted by Crippen LogP contribution is -2.52. The largest absolute Gasteiger partial charge is 0.459 e. The fourth-order valence-electron chi connectivity index (χ4n) is 3.07. The summed E-state index contributed by atoms with van der Waals surface area (Å²) in [6, 6.07) is 1.79. The summed E-state index contributed by atoms with van der Waals surface area (Å²) in [5, 5.41) is 9.50. The van der Waals surface area contributed by atoms with E-state index in [4.69, 9.17) is 14.1 Å². The zero-order valence-corrected chi connectivity index (χ0v) is 20.4. The minimum absolute atomic E-state index is 0. The van der Waals surface area contributed by atoms with Crippen molar-refractivity contribution < 1.29 is 13.9 Å². The molecule has 0 bridgehead atoms. The molecule has 3 N–H and O–H groups in total. The standard InChI is InChI=1S/C20H35N5O3.HI/c1-5-21-19(24-15-20(3,4)25-10-13-27-14-11-25)23-9-6-8-22-18(26)17-16(2)7-12-28-17;/h7,12H,5-6,8-11,13-15H2,1-4H3,(H,22,26)(H2,21,23,24);1H. The number of morpholine rings is 1. The molecule has 1 amide bonds. The van der Waals surface area contributed by atoms with Crippen molar-refractivity contribution in [2.24, 2.45) is 4.99 Å². The van der Waals surface area contributed by atoms with Crippen LogP contribution in [0.25, 0.3) is 0 Å². The summed E-state index contributed by atoms with van der Waals surface area (Å²) >= 11 is 0. The van der Waals surface area contributed by atoms with E-state index >= 15 is 0 Å². The number of aliphatic imine (C=N–C) groups is 1. The number of guanidine groups is 1. The molecule has 0 aromatic carbocycles. The summed E-state index contributed by atoms with van der Waals surface area (Å²) in [6.45, 7) is 14.6. The highest BCUT2D eigenvalue weighted by atomic mass is 127. The van der Waals surface area contributed by atoms with Crippen LogP contribution in [0, 0.1) is 6.92 Å². The van der Waals surface area contributed by atoms with Gasteiger partial charge in [-0.3, -0.25) is 14.7 Å². The molecule has 2 heterocycles. The van der Waals surface area contributed by atoms with Crippen LogP contribution in [0.5, 0.6) is 0 Å². The normalized spacial score (nSPS) is 15.5. The van der Waals surface area contributed by atoms with E-state index in [1.807, 2.05) is 6.92 Å². The number of ether oxygens (including phenoxy) is 1. The van der Waals surface area contributed by atoms with Gasteiger partial charge in [-0.05, 0) is 40.2 Å². The van der Waals surface area contributed by atoms with Crippen LogP contribution in [0.4, 0.5) is 0 Å². The van der Waals surface area contributed by atoms with E-state index in [1.165, 1.54) is 6.26 Å². The number of rotatable bonds is 9.